The van der Waals surface area contributed by atoms with Crippen LogP contribution < -0.4 is 21.7 Å². The van der Waals surface area contributed by atoms with Crippen molar-refractivity contribution in [3.63, 3.8) is 0 Å². The maximum absolute atomic E-state index is 12.7. The maximum atomic E-state index is 12.7. The topological polar surface area (TPSA) is 140 Å². The minimum Gasteiger partial charge on any atom is -0.376 e. The van der Waals surface area contributed by atoms with Crippen molar-refractivity contribution < 1.29 is 23.9 Å². The quantitative estimate of drug-likeness (QED) is 0.231. The van der Waals surface area contributed by atoms with Crippen LogP contribution in [-0.4, -0.2) is 62.2 Å². The monoisotopic (exact) mass is 412 g/mol. The molecular weight excluding hydrogens is 375 g/mol. The summed E-state index contributed by atoms with van der Waals surface area (Å²) in [6.07, 6.45) is 1.61. The van der Waals surface area contributed by atoms with Gasteiger partial charge >= 0.3 is 6.03 Å². The SMILES string of the molecule is BC(=O)[C@H](CCCNC(N)=O)NC(=O)C(NC(=O)CCC(C)(C)OCC)C(C)C. The van der Waals surface area contributed by atoms with E-state index >= 15 is 0 Å². The van der Waals surface area contributed by atoms with Gasteiger partial charge in [0.25, 0.3) is 0 Å². The van der Waals surface area contributed by atoms with Gasteiger partial charge in [-0.05, 0) is 46.0 Å². The Hall–Kier alpha value is -2.10. The van der Waals surface area contributed by atoms with Crippen molar-refractivity contribution in [3.05, 3.63) is 0 Å². The minimum atomic E-state index is -0.747. The number of nitrogens with one attached hydrogen (secondary N) is 3. The molecular formula is C19H37BN4O5. The van der Waals surface area contributed by atoms with Crippen molar-refractivity contribution in [2.45, 2.75) is 78.0 Å². The lowest BCUT2D eigenvalue weighted by Gasteiger charge is -2.27. The molecule has 1 unspecified atom stereocenters. The Kier molecular flexibility index (Phi) is 12.2. The Morgan fingerprint density at radius 2 is 1.76 bits per heavy atom. The van der Waals surface area contributed by atoms with E-state index in [1.54, 1.807) is 0 Å². The number of rotatable bonds is 14. The molecule has 0 saturated heterocycles. The van der Waals surface area contributed by atoms with Crippen LogP contribution in [0.4, 0.5) is 4.79 Å². The average Bonchev–Trinajstić information content (AvgIpc) is 2.59. The Morgan fingerprint density at radius 1 is 1.14 bits per heavy atom. The van der Waals surface area contributed by atoms with Crippen LogP contribution in [0.15, 0.2) is 0 Å². The van der Waals surface area contributed by atoms with Crippen molar-refractivity contribution in [2.24, 2.45) is 11.7 Å². The summed E-state index contributed by atoms with van der Waals surface area (Å²) in [5.41, 5.74) is 4.40. The number of carbonyl (C=O) groups is 4. The van der Waals surface area contributed by atoms with E-state index in [4.69, 9.17) is 10.5 Å². The summed E-state index contributed by atoms with van der Waals surface area (Å²) >= 11 is 0. The van der Waals surface area contributed by atoms with Gasteiger partial charge in [-0.15, -0.1) is 0 Å². The van der Waals surface area contributed by atoms with Gasteiger partial charge in [-0.25, -0.2) is 4.79 Å². The molecule has 0 aromatic rings. The van der Waals surface area contributed by atoms with Crippen LogP contribution >= 0.6 is 0 Å². The largest absolute Gasteiger partial charge is 0.376 e. The molecule has 9 nitrogen and oxygen atoms in total. The normalized spacial score (nSPS) is 13.4. The molecule has 0 aliphatic carbocycles. The predicted molar refractivity (Wildman–Crippen MR) is 114 cm³/mol. The van der Waals surface area contributed by atoms with Gasteiger partial charge < -0.3 is 31.2 Å². The summed E-state index contributed by atoms with van der Waals surface area (Å²) in [7, 11) is 1.39. The van der Waals surface area contributed by atoms with Gasteiger partial charge in [0.15, 0.2) is 7.85 Å². The zero-order valence-electron chi connectivity index (χ0n) is 18.6. The fraction of sp³-hybridized carbons (Fsp3) is 0.789. The lowest BCUT2D eigenvalue weighted by molar-refractivity contribution is -0.132. The van der Waals surface area contributed by atoms with Crippen molar-refractivity contribution in [2.75, 3.05) is 13.2 Å². The molecule has 0 fully saturated rings. The van der Waals surface area contributed by atoms with Crippen LogP contribution in [0.1, 0.15) is 60.3 Å². The fourth-order valence-electron chi connectivity index (χ4n) is 2.81. The predicted octanol–water partition coefficient (Wildman–Crippen LogP) is -0.184. The smallest absolute Gasteiger partial charge is 0.312 e. The average molecular weight is 412 g/mol. The summed E-state index contributed by atoms with van der Waals surface area (Å²) in [4.78, 5) is 47.6. The van der Waals surface area contributed by atoms with Crippen molar-refractivity contribution in [1.82, 2.24) is 16.0 Å². The molecule has 0 saturated carbocycles. The molecule has 2 atom stereocenters. The molecule has 166 valence electrons. The number of hydrogen-bond donors (Lipinski definition) is 4. The molecule has 0 aliphatic rings. The first-order valence-corrected chi connectivity index (χ1v) is 10.2. The van der Waals surface area contributed by atoms with Crippen LogP contribution in [-0.2, 0) is 19.1 Å². The third-order valence-electron chi connectivity index (χ3n) is 4.53. The molecule has 4 amide bonds. The van der Waals surface area contributed by atoms with Gasteiger partial charge in [0.1, 0.15) is 11.7 Å². The third kappa shape index (κ3) is 12.2. The highest BCUT2D eigenvalue weighted by Gasteiger charge is 2.28. The van der Waals surface area contributed by atoms with E-state index in [1.165, 1.54) is 7.85 Å². The number of ether oxygens (including phenoxy) is 1. The van der Waals surface area contributed by atoms with E-state index in [0.29, 0.717) is 32.4 Å². The van der Waals surface area contributed by atoms with E-state index in [2.05, 4.69) is 16.0 Å². The Balaban J connectivity index is 4.78. The summed E-state index contributed by atoms with van der Waals surface area (Å²) in [6, 6.07) is -2.07. The van der Waals surface area contributed by atoms with Gasteiger partial charge in [-0.2, -0.15) is 0 Å². The lowest BCUT2D eigenvalue weighted by Crippen LogP contribution is -2.54. The molecule has 0 bridgehead atoms. The summed E-state index contributed by atoms with van der Waals surface area (Å²) in [6.45, 7) is 10.3. The van der Waals surface area contributed by atoms with Gasteiger partial charge in [-0.3, -0.25) is 9.59 Å². The van der Waals surface area contributed by atoms with Gasteiger partial charge in [0.05, 0.1) is 11.6 Å². The number of amides is 4. The second-order valence-corrected chi connectivity index (χ2v) is 8.09. The van der Waals surface area contributed by atoms with Crippen LogP contribution in [0, 0.1) is 5.92 Å². The zero-order valence-corrected chi connectivity index (χ0v) is 18.6. The molecule has 10 heteroatoms. The van der Waals surface area contributed by atoms with Crippen LogP contribution in [0.25, 0.3) is 0 Å². The highest BCUT2D eigenvalue weighted by atomic mass is 16.5. The fourth-order valence-corrected chi connectivity index (χ4v) is 2.81. The van der Waals surface area contributed by atoms with E-state index in [0.717, 1.165) is 0 Å². The van der Waals surface area contributed by atoms with E-state index in [9.17, 15) is 19.2 Å². The second-order valence-electron chi connectivity index (χ2n) is 8.09. The highest BCUT2D eigenvalue weighted by Crippen LogP contribution is 2.16. The summed E-state index contributed by atoms with van der Waals surface area (Å²) in [5, 5.41) is 7.92. The molecule has 0 aromatic carbocycles. The minimum absolute atomic E-state index is 0.150. The molecule has 0 aromatic heterocycles. The first kappa shape index (κ1) is 26.9. The van der Waals surface area contributed by atoms with Crippen molar-refractivity contribution in [3.8, 4) is 0 Å². The van der Waals surface area contributed by atoms with Crippen LogP contribution in [0.3, 0.4) is 0 Å². The van der Waals surface area contributed by atoms with Crippen molar-refractivity contribution >= 4 is 31.4 Å². The number of carbonyl (C=O) groups excluding carboxylic acids is 4. The number of primary amides is 1. The Labute approximate surface area is 174 Å². The zero-order chi connectivity index (χ0) is 22.6. The van der Waals surface area contributed by atoms with Gasteiger partial charge in [-0.1, -0.05) is 13.8 Å². The lowest BCUT2D eigenvalue weighted by atomic mass is 9.91. The van der Waals surface area contributed by atoms with Gasteiger partial charge in [0, 0.05) is 19.6 Å². The Bertz CT molecular complexity index is 569. The van der Waals surface area contributed by atoms with Crippen molar-refractivity contribution in [1.29, 1.82) is 0 Å². The van der Waals surface area contributed by atoms with E-state index in [-0.39, 0.29) is 23.9 Å². The molecule has 0 aliphatic heterocycles. The molecule has 0 radical (unpaired) electrons. The Morgan fingerprint density at radius 3 is 2.24 bits per heavy atom. The summed E-state index contributed by atoms with van der Waals surface area (Å²) < 4.78 is 5.59. The van der Waals surface area contributed by atoms with Crippen LogP contribution in [0.5, 0.6) is 0 Å². The molecule has 0 rings (SSSR count). The third-order valence-corrected chi connectivity index (χ3v) is 4.53. The summed E-state index contributed by atoms with van der Waals surface area (Å²) in [5.74, 6) is -0.792. The maximum Gasteiger partial charge on any atom is 0.312 e. The van der Waals surface area contributed by atoms with E-state index < -0.39 is 29.6 Å². The van der Waals surface area contributed by atoms with Crippen LogP contribution in [0.2, 0.25) is 0 Å². The second kappa shape index (κ2) is 13.2. The molecule has 0 spiro atoms. The first-order chi connectivity index (χ1) is 13.4. The molecule has 0 heterocycles. The highest BCUT2D eigenvalue weighted by molar-refractivity contribution is 6.59. The molecule has 29 heavy (non-hydrogen) atoms. The van der Waals surface area contributed by atoms with Gasteiger partial charge in [0.2, 0.25) is 11.8 Å². The number of urea groups is 1. The van der Waals surface area contributed by atoms with E-state index in [1.807, 2.05) is 34.6 Å². The standard InChI is InChI=1S/C19H37BN4O5/c1-6-29-19(4,5)10-9-14(25)24-15(12(2)3)17(27)23-13(16(20)26)8-7-11-22-18(21)28/h12-13,15H,6-11,20H2,1-5H3,(H,23,27)(H,24,25)(H3,21,22,28)/t13-,15?/m0/s1. The number of nitrogens with two attached hydrogens (primary N) is 1. The first-order valence-electron chi connectivity index (χ1n) is 10.2. The number of hydrogen-bond acceptors (Lipinski definition) is 5. The molecule has 5 N–H and O–H groups in total.